The van der Waals surface area contributed by atoms with Crippen molar-refractivity contribution < 1.29 is 52.4 Å². The summed E-state index contributed by atoms with van der Waals surface area (Å²) in [4.78, 5) is 10.5. The van der Waals surface area contributed by atoms with Crippen LogP contribution in [0.4, 0.5) is 0 Å². The molecule has 0 spiro atoms. The molecule has 0 aliphatic heterocycles. The van der Waals surface area contributed by atoms with E-state index < -0.39 is 15.6 Å². The van der Waals surface area contributed by atoms with Crippen LogP contribution in [0.25, 0.3) is 0 Å². The van der Waals surface area contributed by atoms with Crippen molar-refractivity contribution in [3.05, 3.63) is 35.4 Å². The van der Waals surface area contributed by atoms with Crippen LogP contribution in [-0.2, 0) is 10.1 Å². The van der Waals surface area contributed by atoms with Crippen LogP contribution in [0, 0.1) is 0 Å². The number of rotatable bonds is 3. The number of carbonyl (C=O) groups is 1. The van der Waals surface area contributed by atoms with Gasteiger partial charge in [0, 0.05) is 11.1 Å². The van der Waals surface area contributed by atoms with Crippen molar-refractivity contribution in [1.82, 2.24) is 0 Å². The molecule has 0 amide bonds. The van der Waals surface area contributed by atoms with Gasteiger partial charge in [0.15, 0.2) is 5.44 Å². The summed E-state index contributed by atoms with van der Waals surface area (Å²) >= 11 is 0. The molecule has 1 unspecified atom stereocenters. The average Bonchev–Trinajstić information content (AvgIpc) is 2.15. The van der Waals surface area contributed by atoms with Gasteiger partial charge in [-0.25, -0.2) is 8.42 Å². The van der Waals surface area contributed by atoms with Crippen LogP contribution in [0.1, 0.15) is 21.4 Å². The number of carbonyl (C=O) groups excluding carboxylic acids is 1. The van der Waals surface area contributed by atoms with Gasteiger partial charge in [-0.1, -0.05) is 24.3 Å². The fraction of sp³-hybridized carbons (Fsp3) is 0.125. The SMILES string of the molecule is O=Cc1ccccc1C(O)S(=O)(=O)[O-].[Na+]. The summed E-state index contributed by atoms with van der Waals surface area (Å²) < 4.78 is 31.4. The van der Waals surface area contributed by atoms with E-state index in [0.29, 0.717) is 6.29 Å². The zero-order valence-electron chi connectivity index (χ0n) is 7.95. The van der Waals surface area contributed by atoms with Gasteiger partial charge < -0.3 is 9.66 Å². The van der Waals surface area contributed by atoms with E-state index in [1.165, 1.54) is 24.3 Å². The predicted molar refractivity (Wildman–Crippen MR) is 46.5 cm³/mol. The van der Waals surface area contributed by atoms with Gasteiger partial charge >= 0.3 is 29.6 Å². The molecule has 1 aromatic carbocycles. The fourth-order valence-corrected chi connectivity index (χ4v) is 1.52. The molecule has 0 aliphatic carbocycles. The van der Waals surface area contributed by atoms with Gasteiger partial charge in [-0.05, 0) is 0 Å². The Balaban J connectivity index is 0.00000196. The minimum Gasteiger partial charge on any atom is -0.746 e. The molecular formula is C8H7NaO5S. The van der Waals surface area contributed by atoms with Gasteiger partial charge in [0.1, 0.15) is 16.4 Å². The largest absolute Gasteiger partial charge is 1.00 e. The molecule has 1 aromatic rings. The first-order valence-electron chi connectivity index (χ1n) is 3.63. The Labute approximate surface area is 109 Å². The monoisotopic (exact) mass is 238 g/mol. The first-order chi connectivity index (χ1) is 6.46. The molecule has 0 saturated heterocycles. The van der Waals surface area contributed by atoms with E-state index >= 15 is 0 Å². The first kappa shape index (κ1) is 14.8. The molecule has 1 atom stereocenters. The second kappa shape index (κ2) is 5.74. The van der Waals surface area contributed by atoms with E-state index in [4.69, 9.17) is 5.11 Å². The standard InChI is InChI=1S/C8H8O5S.Na/c9-5-6-3-1-2-4-7(6)8(10)14(11,12)13;/h1-5,8,10H,(H,11,12,13);/q;+1/p-1. The number of aliphatic hydroxyl groups is 1. The van der Waals surface area contributed by atoms with Crippen molar-refractivity contribution in [3.8, 4) is 0 Å². The second-order valence-corrected chi connectivity index (χ2v) is 4.02. The van der Waals surface area contributed by atoms with E-state index in [1.54, 1.807) is 0 Å². The molecule has 1 N–H and O–H groups in total. The fourth-order valence-electron chi connectivity index (χ4n) is 0.999. The van der Waals surface area contributed by atoms with E-state index in [0.717, 1.165) is 0 Å². The third-order valence-electron chi connectivity index (χ3n) is 1.66. The number of aldehydes is 1. The van der Waals surface area contributed by atoms with Gasteiger partial charge in [-0.15, -0.1) is 0 Å². The minimum atomic E-state index is -4.84. The molecule has 0 aromatic heterocycles. The summed E-state index contributed by atoms with van der Waals surface area (Å²) in [6.07, 6.45) is 0.379. The summed E-state index contributed by atoms with van der Waals surface area (Å²) in [5, 5.41) is 9.11. The quantitative estimate of drug-likeness (QED) is 0.345. The molecule has 0 radical (unpaired) electrons. The molecule has 0 bridgehead atoms. The van der Waals surface area contributed by atoms with E-state index in [9.17, 15) is 17.8 Å². The van der Waals surface area contributed by atoms with Crippen molar-refractivity contribution in [2.45, 2.75) is 5.44 Å². The molecule has 76 valence electrons. The Morgan fingerprint density at radius 2 is 1.87 bits per heavy atom. The smallest absolute Gasteiger partial charge is 0.746 e. The summed E-state index contributed by atoms with van der Waals surface area (Å²) in [5.41, 5.74) is -2.40. The maximum atomic E-state index is 10.5. The Kier molecular flexibility index (Phi) is 5.65. The first-order valence-corrected chi connectivity index (χ1v) is 5.11. The zero-order valence-corrected chi connectivity index (χ0v) is 10.8. The molecular weight excluding hydrogens is 231 g/mol. The Hall–Kier alpha value is -0.240. The Morgan fingerprint density at radius 3 is 2.33 bits per heavy atom. The van der Waals surface area contributed by atoms with E-state index in [1.807, 2.05) is 0 Å². The van der Waals surface area contributed by atoms with Gasteiger partial charge in [0.05, 0.1) is 0 Å². The summed E-state index contributed by atoms with van der Waals surface area (Å²) in [6, 6.07) is 5.45. The number of hydrogen-bond donors (Lipinski definition) is 1. The van der Waals surface area contributed by atoms with Crippen LogP contribution in [0.2, 0.25) is 0 Å². The van der Waals surface area contributed by atoms with Crippen LogP contribution in [-0.4, -0.2) is 24.4 Å². The van der Waals surface area contributed by atoms with Crippen LogP contribution >= 0.6 is 0 Å². The van der Waals surface area contributed by atoms with E-state index in [2.05, 4.69) is 0 Å². The van der Waals surface area contributed by atoms with Crippen molar-refractivity contribution in [3.63, 3.8) is 0 Å². The molecule has 0 heterocycles. The molecule has 0 aliphatic rings. The van der Waals surface area contributed by atoms with Crippen LogP contribution in [0.3, 0.4) is 0 Å². The summed E-state index contributed by atoms with van der Waals surface area (Å²) in [6.45, 7) is 0. The maximum absolute atomic E-state index is 10.5. The molecule has 0 saturated carbocycles. The van der Waals surface area contributed by atoms with Crippen LogP contribution < -0.4 is 29.6 Å². The van der Waals surface area contributed by atoms with Gasteiger partial charge in [0.2, 0.25) is 0 Å². The molecule has 7 heteroatoms. The van der Waals surface area contributed by atoms with Crippen molar-refractivity contribution in [2.24, 2.45) is 0 Å². The van der Waals surface area contributed by atoms with E-state index in [-0.39, 0.29) is 40.7 Å². The maximum Gasteiger partial charge on any atom is 1.00 e. The molecule has 15 heavy (non-hydrogen) atoms. The van der Waals surface area contributed by atoms with Crippen molar-refractivity contribution in [2.75, 3.05) is 0 Å². The normalized spacial score (nSPS) is 12.7. The number of aliphatic hydroxyl groups excluding tert-OH is 1. The number of benzene rings is 1. The summed E-state index contributed by atoms with van der Waals surface area (Å²) in [5.74, 6) is 0. The van der Waals surface area contributed by atoms with Crippen LogP contribution in [0.15, 0.2) is 24.3 Å². The Morgan fingerprint density at radius 1 is 1.33 bits per heavy atom. The third kappa shape index (κ3) is 3.67. The van der Waals surface area contributed by atoms with Gasteiger partial charge in [-0.2, -0.15) is 0 Å². The van der Waals surface area contributed by atoms with Gasteiger partial charge in [0.25, 0.3) is 0 Å². The second-order valence-electron chi connectivity index (χ2n) is 2.59. The molecule has 0 fully saturated rings. The zero-order chi connectivity index (χ0) is 10.8. The molecule has 1 rings (SSSR count). The molecule has 5 nitrogen and oxygen atoms in total. The summed E-state index contributed by atoms with van der Waals surface area (Å²) in [7, 11) is -4.84. The minimum absolute atomic E-state index is 0. The Bertz CT molecular complexity index is 442. The van der Waals surface area contributed by atoms with Gasteiger partial charge in [-0.3, -0.25) is 4.79 Å². The number of hydrogen-bond acceptors (Lipinski definition) is 5. The van der Waals surface area contributed by atoms with Crippen LogP contribution in [0.5, 0.6) is 0 Å². The topological polar surface area (TPSA) is 94.5 Å². The average molecular weight is 238 g/mol. The predicted octanol–water partition coefficient (Wildman–Crippen LogP) is -2.96. The van der Waals surface area contributed by atoms with Crippen molar-refractivity contribution >= 4 is 16.4 Å². The van der Waals surface area contributed by atoms with Crippen molar-refractivity contribution in [1.29, 1.82) is 0 Å². The third-order valence-corrected chi connectivity index (χ3v) is 2.46.